The molecular weight excluding hydrogens is 553 g/mol. The van der Waals surface area contributed by atoms with Crippen LogP contribution in [0.25, 0.3) is 6.08 Å². The van der Waals surface area contributed by atoms with Crippen molar-refractivity contribution >= 4 is 35.0 Å². The van der Waals surface area contributed by atoms with Crippen LogP contribution >= 0.6 is 23.1 Å². The van der Waals surface area contributed by atoms with Gasteiger partial charge in [0.05, 0.1) is 0 Å². The molecular formula is C38H54O2S2. The van der Waals surface area contributed by atoms with Crippen LogP contribution in [0.5, 0.6) is 0 Å². The molecule has 0 radical (unpaired) electrons. The number of ketones is 1. The quantitative estimate of drug-likeness (QED) is 0.175. The van der Waals surface area contributed by atoms with Crippen molar-refractivity contribution in [1.82, 2.24) is 0 Å². The van der Waals surface area contributed by atoms with E-state index in [9.17, 15) is 9.90 Å². The number of thioether (sulfide) groups is 1. The predicted octanol–water partition coefficient (Wildman–Crippen LogP) is 10.9. The second kappa shape index (κ2) is 14.7. The summed E-state index contributed by atoms with van der Waals surface area (Å²) in [7, 11) is 0. The number of rotatable bonds is 12. The number of allylic oxidation sites excluding steroid dienone is 8. The Balaban J connectivity index is 1.91. The Kier molecular flexibility index (Phi) is 12.1. The van der Waals surface area contributed by atoms with Crippen molar-refractivity contribution in [3.8, 4) is 0 Å². The van der Waals surface area contributed by atoms with Gasteiger partial charge in [-0.2, -0.15) is 0 Å². The summed E-state index contributed by atoms with van der Waals surface area (Å²) < 4.78 is 0. The molecule has 1 aliphatic carbocycles. The second-order valence-corrected chi connectivity index (χ2v) is 17.9. The fourth-order valence-electron chi connectivity index (χ4n) is 4.83. The Morgan fingerprint density at radius 3 is 1.86 bits per heavy atom. The molecule has 2 heterocycles. The highest BCUT2D eigenvalue weighted by molar-refractivity contribution is 8.06. The van der Waals surface area contributed by atoms with Crippen LogP contribution in [0.15, 0.2) is 62.6 Å². The first-order valence-corrected chi connectivity index (χ1v) is 17.6. The van der Waals surface area contributed by atoms with E-state index in [2.05, 4.69) is 93.5 Å². The minimum atomic E-state index is -0.125. The zero-order valence-electron chi connectivity index (χ0n) is 27.9. The molecule has 230 valence electrons. The van der Waals surface area contributed by atoms with E-state index in [1.165, 1.54) is 19.6 Å². The van der Waals surface area contributed by atoms with E-state index < -0.39 is 0 Å². The van der Waals surface area contributed by atoms with Crippen molar-refractivity contribution in [2.24, 2.45) is 22.7 Å². The van der Waals surface area contributed by atoms with Crippen LogP contribution in [-0.2, 0) is 17.6 Å². The van der Waals surface area contributed by atoms with Crippen LogP contribution in [0.3, 0.4) is 0 Å². The minimum absolute atomic E-state index is 0.125. The molecule has 0 saturated carbocycles. The largest absolute Gasteiger partial charge is 0.871 e. The maximum absolute atomic E-state index is 13.3. The lowest BCUT2D eigenvalue weighted by atomic mass is 9.85. The van der Waals surface area contributed by atoms with Crippen LogP contribution < -0.4 is 5.11 Å². The van der Waals surface area contributed by atoms with Crippen molar-refractivity contribution in [2.75, 3.05) is 0 Å². The molecule has 0 unspecified atom stereocenters. The first kappa shape index (κ1) is 34.6. The number of Topliss-reactive ketones (excluding diaryl/α,β-unsaturated/α-hetero) is 1. The number of carbonyl (C=O) groups is 1. The lowest BCUT2D eigenvalue weighted by Crippen LogP contribution is -2.29. The lowest BCUT2D eigenvalue weighted by molar-refractivity contribution is -0.300. The molecule has 0 bridgehead atoms. The van der Waals surface area contributed by atoms with E-state index >= 15 is 0 Å². The molecule has 0 aromatic carbocycles. The van der Waals surface area contributed by atoms with Crippen molar-refractivity contribution < 1.29 is 9.90 Å². The van der Waals surface area contributed by atoms with Crippen molar-refractivity contribution in [2.45, 2.75) is 121 Å². The highest BCUT2D eigenvalue weighted by Gasteiger charge is 2.27. The van der Waals surface area contributed by atoms with Gasteiger partial charge >= 0.3 is 0 Å². The highest BCUT2D eigenvalue weighted by atomic mass is 32.2. The molecule has 0 saturated heterocycles. The molecule has 2 nitrogen and oxygen atoms in total. The number of carbonyl (C=O) groups excluding carboxylic acids is 1. The van der Waals surface area contributed by atoms with Gasteiger partial charge in [-0.1, -0.05) is 86.8 Å². The zero-order valence-corrected chi connectivity index (χ0v) is 29.5. The average Bonchev–Trinajstić information content (AvgIpc) is 2.89. The third kappa shape index (κ3) is 11.3. The summed E-state index contributed by atoms with van der Waals surface area (Å²) in [5.41, 5.74) is 3.13. The number of hydrogen-bond donors (Lipinski definition) is 0. The van der Waals surface area contributed by atoms with Gasteiger partial charge in [-0.15, -0.1) is 0 Å². The SMILES string of the molecule is CC(C)CCC1=CC(=CC2=C([O-])C(=Cc3cc(CCC(C)C)[s+]c(CCC(C)(C)C)c3)C2=O)C=C(CCC(C)(C)C)S1. The Morgan fingerprint density at radius 1 is 0.786 bits per heavy atom. The lowest BCUT2D eigenvalue weighted by Gasteiger charge is -2.29. The standard InChI is InChI=1S/C38H54O2S2/c1-25(2)11-13-29-19-27(21-31(41-29)15-17-37(5,6)7)23-33-35(39)34(36(33)40)24-28-20-30(14-12-26(3)4)42-32(22-28)16-18-38(8,9)10/h19-26H,11-18H2,1-10H3. The van der Waals surface area contributed by atoms with Crippen LogP contribution in [0, 0.1) is 22.7 Å². The maximum Gasteiger partial charge on any atom is 0.218 e. The molecule has 4 heteroatoms. The first-order valence-electron chi connectivity index (χ1n) is 15.9. The Morgan fingerprint density at radius 2 is 1.31 bits per heavy atom. The average molecular weight is 607 g/mol. The van der Waals surface area contributed by atoms with Crippen LogP contribution in [0.4, 0.5) is 0 Å². The summed E-state index contributed by atoms with van der Waals surface area (Å²) in [6.45, 7) is 22.7. The van der Waals surface area contributed by atoms with Crippen LogP contribution in [0.2, 0.25) is 0 Å². The number of aryl methyl sites for hydroxylation is 2. The Hall–Kier alpha value is -1.91. The smallest absolute Gasteiger partial charge is 0.218 e. The highest BCUT2D eigenvalue weighted by Crippen LogP contribution is 2.41. The fraction of sp³-hybridized carbons (Fsp3) is 0.579. The van der Waals surface area contributed by atoms with Crippen molar-refractivity contribution in [3.05, 3.63) is 78.0 Å². The molecule has 1 aromatic rings. The third-order valence-electron chi connectivity index (χ3n) is 7.61. The molecule has 0 atom stereocenters. The fourth-order valence-corrected chi connectivity index (χ4v) is 7.13. The van der Waals surface area contributed by atoms with E-state index in [0.717, 1.165) is 62.5 Å². The topological polar surface area (TPSA) is 40.1 Å². The van der Waals surface area contributed by atoms with E-state index in [0.29, 0.717) is 23.0 Å². The summed E-state index contributed by atoms with van der Waals surface area (Å²) >= 11 is 3.76. The summed E-state index contributed by atoms with van der Waals surface area (Å²) in [5.74, 6) is 1.02. The van der Waals surface area contributed by atoms with Crippen molar-refractivity contribution in [1.29, 1.82) is 0 Å². The molecule has 0 amide bonds. The third-order valence-corrected chi connectivity index (χ3v) is 9.95. The van der Waals surface area contributed by atoms with Gasteiger partial charge in [0.25, 0.3) is 0 Å². The molecule has 2 aliphatic rings. The van der Waals surface area contributed by atoms with E-state index in [-0.39, 0.29) is 22.4 Å². The predicted molar refractivity (Wildman–Crippen MR) is 184 cm³/mol. The van der Waals surface area contributed by atoms with Gasteiger partial charge in [0.1, 0.15) is 0 Å². The molecule has 3 rings (SSSR count). The molecule has 42 heavy (non-hydrogen) atoms. The van der Waals surface area contributed by atoms with Gasteiger partial charge in [-0.25, -0.2) is 0 Å². The minimum Gasteiger partial charge on any atom is -0.871 e. The van der Waals surface area contributed by atoms with E-state index in [1.807, 2.05) is 35.3 Å². The maximum atomic E-state index is 13.3. The van der Waals surface area contributed by atoms with Gasteiger partial charge in [-0.3, -0.25) is 4.79 Å². The Labute approximate surface area is 265 Å². The summed E-state index contributed by atoms with van der Waals surface area (Å²) in [5, 5.41) is 13.3. The van der Waals surface area contributed by atoms with Gasteiger partial charge in [0.2, 0.25) is 21.1 Å². The summed E-state index contributed by atoms with van der Waals surface area (Å²) in [6.07, 6.45) is 16.6. The molecule has 1 aliphatic heterocycles. The van der Waals surface area contributed by atoms with Gasteiger partial charge in [0.15, 0.2) is 5.78 Å². The Bertz CT molecular complexity index is 1290. The molecule has 0 spiro atoms. The van der Waals surface area contributed by atoms with E-state index in [1.54, 1.807) is 0 Å². The van der Waals surface area contributed by atoms with Crippen molar-refractivity contribution in [3.63, 3.8) is 0 Å². The van der Waals surface area contributed by atoms with Gasteiger partial charge in [-0.05, 0) is 106 Å². The number of hydrogen-bond acceptors (Lipinski definition) is 3. The summed E-state index contributed by atoms with van der Waals surface area (Å²) in [6, 6.07) is 4.37. The molecule has 0 N–H and O–H groups in total. The second-order valence-electron chi connectivity index (χ2n) is 15.4. The summed E-state index contributed by atoms with van der Waals surface area (Å²) in [4.78, 5) is 18.6. The monoisotopic (exact) mass is 606 g/mol. The first-order chi connectivity index (χ1) is 19.5. The molecule has 0 fully saturated rings. The zero-order chi connectivity index (χ0) is 31.2. The van der Waals surface area contributed by atoms with Gasteiger partial charge < -0.3 is 5.11 Å². The normalized spacial score (nSPS) is 18.3. The van der Waals surface area contributed by atoms with Crippen LogP contribution in [0.1, 0.15) is 123 Å². The molecule has 1 aromatic heterocycles. The van der Waals surface area contributed by atoms with Gasteiger partial charge in [0, 0.05) is 36.1 Å². The van der Waals surface area contributed by atoms with Crippen LogP contribution in [-0.4, -0.2) is 5.78 Å². The van der Waals surface area contributed by atoms with E-state index in [4.69, 9.17) is 0 Å².